The van der Waals surface area contributed by atoms with Crippen LogP contribution in [-0.2, 0) is 4.74 Å². The molecule has 144 valence electrons. The highest BCUT2D eigenvalue weighted by Crippen LogP contribution is 2.38. The number of aliphatic imine (C=N–C) groups is 1. The van der Waals surface area contributed by atoms with Crippen LogP contribution < -0.4 is 4.74 Å². The minimum absolute atomic E-state index is 0.133. The van der Waals surface area contributed by atoms with Gasteiger partial charge in [-0.2, -0.15) is 5.26 Å². The number of nitriles is 1. The van der Waals surface area contributed by atoms with Crippen molar-refractivity contribution in [1.29, 1.82) is 5.26 Å². The molecule has 1 aromatic carbocycles. The van der Waals surface area contributed by atoms with E-state index in [1.807, 2.05) is 48.6 Å². The Labute approximate surface area is 173 Å². The molecular weight excluding hydrogens is 388 g/mol. The van der Waals surface area contributed by atoms with Crippen LogP contribution in [0, 0.1) is 11.3 Å². The first-order chi connectivity index (χ1) is 14.2. The summed E-state index contributed by atoms with van der Waals surface area (Å²) < 4.78 is 12.2. The van der Waals surface area contributed by atoms with Crippen molar-refractivity contribution in [2.75, 3.05) is 19.8 Å². The van der Waals surface area contributed by atoms with Gasteiger partial charge in [0, 0.05) is 17.1 Å². The van der Waals surface area contributed by atoms with E-state index in [0.29, 0.717) is 41.9 Å². The SMILES string of the molecule is N#CC1=CC=CC23O[C@H](COc4ccc(-c5ccccc5Cl)nc4)CN2CN=C13. The number of pyridine rings is 1. The molecule has 1 spiro atoms. The predicted molar refractivity (Wildman–Crippen MR) is 110 cm³/mol. The number of hydrogen-bond donors (Lipinski definition) is 0. The number of hydrogen-bond acceptors (Lipinski definition) is 6. The van der Waals surface area contributed by atoms with E-state index >= 15 is 0 Å². The summed E-state index contributed by atoms with van der Waals surface area (Å²) >= 11 is 6.24. The Morgan fingerprint density at radius 3 is 3.00 bits per heavy atom. The van der Waals surface area contributed by atoms with Gasteiger partial charge in [-0.25, -0.2) is 4.90 Å². The van der Waals surface area contributed by atoms with Crippen molar-refractivity contribution in [2.24, 2.45) is 4.99 Å². The molecular formula is C22H17ClN4O2. The van der Waals surface area contributed by atoms with E-state index in [4.69, 9.17) is 21.1 Å². The summed E-state index contributed by atoms with van der Waals surface area (Å²) in [5, 5.41) is 10.0. The maximum absolute atomic E-state index is 9.35. The molecule has 3 aliphatic rings. The quantitative estimate of drug-likeness (QED) is 0.778. The maximum atomic E-state index is 9.35. The fraction of sp³-hybridized carbons (Fsp3) is 0.227. The van der Waals surface area contributed by atoms with Crippen molar-refractivity contribution in [1.82, 2.24) is 9.88 Å². The Balaban J connectivity index is 1.25. The van der Waals surface area contributed by atoms with Crippen molar-refractivity contribution < 1.29 is 9.47 Å². The molecule has 1 unspecified atom stereocenters. The summed E-state index contributed by atoms with van der Waals surface area (Å²) in [6, 6.07) is 13.6. The van der Waals surface area contributed by atoms with E-state index in [1.165, 1.54) is 0 Å². The summed E-state index contributed by atoms with van der Waals surface area (Å²) in [7, 11) is 0. The monoisotopic (exact) mass is 404 g/mol. The van der Waals surface area contributed by atoms with Gasteiger partial charge in [-0.15, -0.1) is 0 Å². The van der Waals surface area contributed by atoms with Crippen molar-refractivity contribution in [3.63, 3.8) is 0 Å². The first-order valence-electron chi connectivity index (χ1n) is 9.31. The second-order valence-corrected chi connectivity index (χ2v) is 7.44. The average Bonchev–Trinajstić information content (AvgIpc) is 3.27. The molecule has 0 saturated carbocycles. The van der Waals surface area contributed by atoms with Gasteiger partial charge in [0.15, 0.2) is 5.72 Å². The molecule has 6 nitrogen and oxygen atoms in total. The third-order valence-corrected chi connectivity index (χ3v) is 5.59. The smallest absolute Gasteiger partial charge is 0.187 e. The maximum Gasteiger partial charge on any atom is 0.187 e. The van der Waals surface area contributed by atoms with Crippen LogP contribution in [0.1, 0.15) is 0 Å². The normalized spacial score (nSPS) is 25.0. The second kappa shape index (κ2) is 7.12. The lowest BCUT2D eigenvalue weighted by Crippen LogP contribution is -2.46. The van der Waals surface area contributed by atoms with Gasteiger partial charge in [-0.3, -0.25) is 9.98 Å². The van der Waals surface area contributed by atoms with E-state index in [0.717, 1.165) is 11.3 Å². The zero-order valence-corrected chi connectivity index (χ0v) is 16.2. The number of halogens is 1. The van der Waals surface area contributed by atoms with Crippen LogP contribution in [0.2, 0.25) is 5.02 Å². The van der Waals surface area contributed by atoms with Gasteiger partial charge in [0.25, 0.3) is 0 Å². The third-order valence-electron chi connectivity index (χ3n) is 5.26. The van der Waals surface area contributed by atoms with Crippen LogP contribution in [0.15, 0.2) is 71.4 Å². The number of aromatic nitrogens is 1. The molecule has 5 rings (SSSR count). The Hall–Kier alpha value is -2.98. The number of ether oxygens (including phenoxy) is 2. The van der Waals surface area contributed by atoms with Gasteiger partial charge in [-0.1, -0.05) is 35.9 Å². The minimum atomic E-state index is -0.736. The highest BCUT2D eigenvalue weighted by atomic mass is 35.5. The first kappa shape index (κ1) is 18.1. The number of rotatable bonds is 4. The van der Waals surface area contributed by atoms with E-state index in [-0.39, 0.29) is 6.10 Å². The Morgan fingerprint density at radius 2 is 2.21 bits per heavy atom. The molecule has 0 bridgehead atoms. The van der Waals surface area contributed by atoms with Crippen LogP contribution in [-0.4, -0.2) is 47.2 Å². The Bertz CT molecular complexity index is 1090. The summed E-state index contributed by atoms with van der Waals surface area (Å²) in [4.78, 5) is 11.1. The van der Waals surface area contributed by atoms with Crippen LogP contribution in [0.3, 0.4) is 0 Å². The summed E-state index contributed by atoms with van der Waals surface area (Å²) in [6.45, 7) is 1.59. The largest absolute Gasteiger partial charge is 0.489 e. The topological polar surface area (TPSA) is 70.7 Å². The lowest BCUT2D eigenvalue weighted by atomic mass is 9.95. The van der Waals surface area contributed by atoms with Gasteiger partial charge in [-0.05, 0) is 30.4 Å². The zero-order chi connectivity index (χ0) is 19.8. The molecule has 1 saturated heterocycles. The standard InChI is InChI=1S/C22H17ClN4O2/c23-19-6-2-1-5-18(19)20-8-7-16(11-25-20)28-13-17-12-27-14-26-21-15(10-24)4-3-9-22(21,27)29-17/h1-9,11,17H,12-14H2/t17-,22?/m0/s1. The summed E-state index contributed by atoms with van der Waals surface area (Å²) in [5.41, 5.74) is 2.19. The average molecular weight is 405 g/mol. The van der Waals surface area contributed by atoms with Crippen LogP contribution >= 0.6 is 11.6 Å². The predicted octanol–water partition coefficient (Wildman–Crippen LogP) is 3.61. The lowest BCUT2D eigenvalue weighted by Gasteiger charge is -2.30. The second-order valence-electron chi connectivity index (χ2n) is 7.03. The Morgan fingerprint density at radius 1 is 1.31 bits per heavy atom. The Kier molecular flexibility index (Phi) is 4.44. The van der Waals surface area contributed by atoms with Crippen LogP contribution in [0.5, 0.6) is 5.75 Å². The van der Waals surface area contributed by atoms with Crippen molar-refractivity contribution in [3.05, 3.63) is 71.4 Å². The minimum Gasteiger partial charge on any atom is -0.489 e. The fourth-order valence-corrected chi connectivity index (χ4v) is 4.13. The summed E-state index contributed by atoms with van der Waals surface area (Å²) in [5.74, 6) is 0.666. The summed E-state index contributed by atoms with van der Waals surface area (Å²) in [6.07, 6.45) is 7.14. The molecule has 7 heteroatoms. The fourth-order valence-electron chi connectivity index (χ4n) is 3.90. The van der Waals surface area contributed by atoms with Gasteiger partial charge < -0.3 is 9.47 Å². The number of nitrogens with zero attached hydrogens (tertiary/aromatic N) is 4. The molecule has 1 aromatic heterocycles. The zero-order valence-electron chi connectivity index (χ0n) is 15.5. The molecule has 29 heavy (non-hydrogen) atoms. The van der Waals surface area contributed by atoms with E-state index in [9.17, 15) is 5.26 Å². The van der Waals surface area contributed by atoms with Gasteiger partial charge in [0.1, 0.15) is 30.2 Å². The van der Waals surface area contributed by atoms with Crippen LogP contribution in [0.25, 0.3) is 11.3 Å². The molecule has 1 fully saturated rings. The molecule has 2 aromatic rings. The van der Waals surface area contributed by atoms with E-state index in [1.54, 1.807) is 12.3 Å². The molecule has 2 atom stereocenters. The molecule has 0 N–H and O–H groups in total. The van der Waals surface area contributed by atoms with E-state index < -0.39 is 5.72 Å². The van der Waals surface area contributed by atoms with Crippen LogP contribution in [0.4, 0.5) is 0 Å². The molecule has 3 heterocycles. The first-order valence-corrected chi connectivity index (χ1v) is 9.69. The molecule has 0 amide bonds. The van der Waals surface area contributed by atoms with Crippen molar-refractivity contribution in [2.45, 2.75) is 11.8 Å². The van der Waals surface area contributed by atoms with Crippen molar-refractivity contribution in [3.8, 4) is 23.1 Å². The number of benzene rings is 1. The van der Waals surface area contributed by atoms with Crippen molar-refractivity contribution >= 4 is 17.3 Å². The third kappa shape index (κ3) is 3.04. The van der Waals surface area contributed by atoms with Gasteiger partial charge in [0.05, 0.1) is 24.1 Å². The molecule has 1 aliphatic carbocycles. The lowest BCUT2D eigenvalue weighted by molar-refractivity contribution is -0.0177. The highest BCUT2D eigenvalue weighted by Gasteiger charge is 2.53. The highest BCUT2D eigenvalue weighted by molar-refractivity contribution is 6.33. The van der Waals surface area contributed by atoms with Gasteiger partial charge >= 0.3 is 0 Å². The van der Waals surface area contributed by atoms with Gasteiger partial charge in [0.2, 0.25) is 0 Å². The number of allylic oxidation sites excluding steroid dienone is 2. The molecule has 2 aliphatic heterocycles. The molecule has 0 radical (unpaired) electrons. The van der Waals surface area contributed by atoms with E-state index in [2.05, 4.69) is 20.9 Å².